The monoisotopic (exact) mass is 573 g/mol. The minimum absolute atomic E-state index is 0.130. The summed E-state index contributed by atoms with van der Waals surface area (Å²) in [5.74, 6) is -2.13. The summed E-state index contributed by atoms with van der Waals surface area (Å²) in [4.78, 5) is 45.0. The van der Waals surface area contributed by atoms with Crippen LogP contribution in [0.5, 0.6) is 11.5 Å². The van der Waals surface area contributed by atoms with Crippen LogP contribution in [-0.4, -0.2) is 35.1 Å². The molecule has 0 saturated carbocycles. The lowest BCUT2D eigenvalue weighted by molar-refractivity contribution is -0.384. The van der Waals surface area contributed by atoms with Crippen LogP contribution < -0.4 is 14.7 Å². The Morgan fingerprint density at radius 2 is 1.81 bits per heavy atom. The van der Waals surface area contributed by atoms with Gasteiger partial charge in [-0.1, -0.05) is 23.7 Å². The molecular formula is C24H17BrClN3O7. The number of fused-ring (bicyclic) bond motifs is 1. The lowest BCUT2D eigenvalue weighted by atomic mass is 9.90. The molecule has 0 aliphatic carbocycles. The number of methoxy groups -OCH3 is 1. The Hall–Kier alpha value is -3.67. The van der Waals surface area contributed by atoms with E-state index in [2.05, 4.69) is 15.9 Å². The fourth-order valence-electron chi connectivity index (χ4n) is 4.51. The predicted molar refractivity (Wildman–Crippen MR) is 133 cm³/mol. The molecule has 2 fully saturated rings. The third-order valence-electron chi connectivity index (χ3n) is 6.09. The van der Waals surface area contributed by atoms with Gasteiger partial charge in [0, 0.05) is 17.2 Å². The van der Waals surface area contributed by atoms with Crippen LogP contribution in [-0.2, 0) is 14.4 Å². The molecule has 0 radical (unpaired) electrons. The molecule has 0 spiro atoms. The Balaban J connectivity index is 1.65. The minimum atomic E-state index is -1.20. The van der Waals surface area contributed by atoms with Crippen LogP contribution in [0.25, 0.3) is 0 Å². The van der Waals surface area contributed by atoms with Gasteiger partial charge in [0.15, 0.2) is 17.6 Å². The van der Waals surface area contributed by atoms with Crippen LogP contribution in [0.4, 0.5) is 17.1 Å². The maximum Gasteiger partial charge on any atom is 0.271 e. The molecule has 10 nitrogen and oxygen atoms in total. The molecule has 2 aliphatic heterocycles. The standard InChI is InChI=1S/C24H17BrClN3O7/c1-35-18-9-12(8-17(25)21(18)30)20-19-22(36-28(20)15-6-3-7-16(11-15)29(33)34)24(32)27(23(19)31)14-5-2-4-13(26)10-14/h2-11,19-20,22,30H,1H3/t19-,20+,22+/m0/s1. The van der Waals surface area contributed by atoms with Crippen molar-refractivity contribution in [2.75, 3.05) is 17.1 Å². The van der Waals surface area contributed by atoms with Crippen molar-refractivity contribution in [3.63, 3.8) is 0 Å². The first-order chi connectivity index (χ1) is 17.2. The minimum Gasteiger partial charge on any atom is -0.503 e. The molecule has 3 aromatic carbocycles. The van der Waals surface area contributed by atoms with Crippen molar-refractivity contribution < 1.29 is 29.2 Å². The average Bonchev–Trinajstić information content (AvgIpc) is 3.36. The summed E-state index contributed by atoms with van der Waals surface area (Å²) in [6, 6.07) is 14.3. The van der Waals surface area contributed by atoms with Crippen molar-refractivity contribution in [3.8, 4) is 11.5 Å². The van der Waals surface area contributed by atoms with Crippen molar-refractivity contribution in [1.82, 2.24) is 0 Å². The fraction of sp³-hybridized carbons (Fsp3) is 0.167. The van der Waals surface area contributed by atoms with Crippen LogP contribution in [0.15, 0.2) is 65.1 Å². The molecule has 36 heavy (non-hydrogen) atoms. The normalized spacial score (nSPS) is 21.1. The summed E-state index contributed by atoms with van der Waals surface area (Å²) in [5.41, 5.74) is 0.876. The van der Waals surface area contributed by atoms with Crippen molar-refractivity contribution in [3.05, 3.63) is 85.8 Å². The zero-order chi connectivity index (χ0) is 25.7. The van der Waals surface area contributed by atoms with Gasteiger partial charge in [0.2, 0.25) is 5.91 Å². The quantitative estimate of drug-likeness (QED) is 0.263. The number of hydrogen-bond donors (Lipinski definition) is 1. The summed E-state index contributed by atoms with van der Waals surface area (Å²) >= 11 is 9.38. The number of nitrogens with zero attached hydrogens (tertiary/aromatic N) is 3. The van der Waals surface area contributed by atoms with E-state index in [4.69, 9.17) is 21.2 Å². The maximum absolute atomic E-state index is 13.7. The van der Waals surface area contributed by atoms with Gasteiger partial charge in [-0.3, -0.25) is 24.5 Å². The van der Waals surface area contributed by atoms with Crippen LogP contribution >= 0.6 is 27.5 Å². The number of benzene rings is 3. The van der Waals surface area contributed by atoms with E-state index in [1.54, 1.807) is 30.3 Å². The van der Waals surface area contributed by atoms with Gasteiger partial charge in [-0.2, -0.15) is 0 Å². The smallest absolute Gasteiger partial charge is 0.271 e. The molecular weight excluding hydrogens is 558 g/mol. The van der Waals surface area contributed by atoms with Gasteiger partial charge in [-0.15, -0.1) is 0 Å². The number of hydroxylamine groups is 1. The fourth-order valence-corrected chi connectivity index (χ4v) is 5.16. The number of amides is 2. The third kappa shape index (κ3) is 3.85. The molecule has 0 aromatic heterocycles. The number of carbonyl (C=O) groups is 2. The molecule has 3 atom stereocenters. The number of rotatable bonds is 5. The highest BCUT2D eigenvalue weighted by atomic mass is 79.9. The van der Waals surface area contributed by atoms with Gasteiger partial charge in [-0.25, -0.2) is 9.96 Å². The van der Waals surface area contributed by atoms with Crippen molar-refractivity contribution in [2.45, 2.75) is 12.1 Å². The van der Waals surface area contributed by atoms with Crippen LogP contribution in [0.1, 0.15) is 11.6 Å². The highest BCUT2D eigenvalue weighted by Crippen LogP contribution is 2.50. The number of anilines is 2. The number of halogens is 2. The molecule has 2 aliphatic rings. The highest BCUT2D eigenvalue weighted by molar-refractivity contribution is 9.10. The summed E-state index contributed by atoms with van der Waals surface area (Å²) in [6.07, 6.45) is -1.20. The Kier molecular flexibility index (Phi) is 6.07. The first-order valence-corrected chi connectivity index (χ1v) is 11.8. The molecule has 0 unspecified atom stereocenters. The number of hydrogen-bond acceptors (Lipinski definition) is 8. The molecule has 2 heterocycles. The van der Waals surface area contributed by atoms with E-state index < -0.39 is 34.8 Å². The third-order valence-corrected chi connectivity index (χ3v) is 6.93. The van der Waals surface area contributed by atoms with Gasteiger partial charge in [-0.05, 0) is 57.9 Å². The number of non-ortho nitro benzene ring substituents is 1. The van der Waals surface area contributed by atoms with E-state index in [0.29, 0.717) is 20.7 Å². The molecule has 2 amide bonds. The Morgan fingerprint density at radius 1 is 1.08 bits per heavy atom. The van der Waals surface area contributed by atoms with Crippen LogP contribution in [0, 0.1) is 16.0 Å². The lowest BCUT2D eigenvalue weighted by Gasteiger charge is -2.29. The second-order valence-electron chi connectivity index (χ2n) is 8.14. The van der Waals surface area contributed by atoms with Crippen molar-refractivity contribution in [1.29, 1.82) is 0 Å². The molecule has 0 bridgehead atoms. The number of nitro groups is 1. The van der Waals surface area contributed by atoms with E-state index in [1.807, 2.05) is 0 Å². The summed E-state index contributed by atoms with van der Waals surface area (Å²) in [6.45, 7) is 0. The zero-order valence-electron chi connectivity index (χ0n) is 18.5. The van der Waals surface area contributed by atoms with E-state index in [1.165, 1.54) is 42.5 Å². The van der Waals surface area contributed by atoms with Crippen molar-refractivity contribution >= 4 is 56.4 Å². The topological polar surface area (TPSA) is 122 Å². The summed E-state index contributed by atoms with van der Waals surface area (Å²) in [5, 5.41) is 23.4. The van der Waals surface area contributed by atoms with Gasteiger partial charge in [0.25, 0.3) is 11.6 Å². The molecule has 184 valence electrons. The van der Waals surface area contributed by atoms with Crippen molar-refractivity contribution in [2.24, 2.45) is 5.92 Å². The lowest BCUT2D eigenvalue weighted by Crippen LogP contribution is -2.37. The molecule has 3 aromatic rings. The SMILES string of the molecule is COc1cc([C@@H]2[C@@H]3C(=O)N(c4cccc(Cl)c4)C(=O)[C@@H]3ON2c2cccc([N+](=O)[O-])c2)cc(Br)c1O. The number of imide groups is 1. The van der Waals surface area contributed by atoms with Gasteiger partial charge in [0.05, 0.1) is 33.9 Å². The molecule has 5 rings (SSSR count). The Bertz CT molecular complexity index is 1420. The summed E-state index contributed by atoms with van der Waals surface area (Å²) < 4.78 is 5.57. The van der Waals surface area contributed by atoms with Crippen LogP contribution in [0.2, 0.25) is 5.02 Å². The van der Waals surface area contributed by atoms with E-state index in [-0.39, 0.29) is 22.9 Å². The Morgan fingerprint density at radius 3 is 2.50 bits per heavy atom. The molecule has 12 heteroatoms. The number of phenols is 1. The van der Waals surface area contributed by atoms with E-state index >= 15 is 0 Å². The first-order valence-electron chi connectivity index (χ1n) is 10.6. The van der Waals surface area contributed by atoms with Gasteiger partial charge >= 0.3 is 0 Å². The largest absolute Gasteiger partial charge is 0.503 e. The van der Waals surface area contributed by atoms with Crippen LogP contribution in [0.3, 0.4) is 0 Å². The molecule has 1 N–H and O–H groups in total. The van der Waals surface area contributed by atoms with Gasteiger partial charge in [0.1, 0.15) is 5.92 Å². The predicted octanol–water partition coefficient (Wildman–Crippen LogP) is 4.78. The first kappa shape index (κ1) is 24.0. The number of aromatic hydroxyl groups is 1. The second-order valence-corrected chi connectivity index (χ2v) is 9.44. The number of ether oxygens (including phenoxy) is 1. The van der Waals surface area contributed by atoms with E-state index in [0.717, 1.165) is 4.90 Å². The van der Waals surface area contributed by atoms with Gasteiger partial charge < -0.3 is 9.84 Å². The number of nitro benzene ring substituents is 1. The maximum atomic E-state index is 13.7. The second kappa shape index (κ2) is 9.08. The average molecular weight is 575 g/mol. The molecule has 2 saturated heterocycles. The zero-order valence-corrected chi connectivity index (χ0v) is 20.8. The van der Waals surface area contributed by atoms with E-state index in [9.17, 15) is 24.8 Å². The Labute approximate surface area is 217 Å². The number of carbonyl (C=O) groups excluding carboxylic acids is 2. The highest BCUT2D eigenvalue weighted by Gasteiger charge is 2.60. The number of phenolic OH excluding ortho intramolecular Hbond substituents is 1. The summed E-state index contributed by atoms with van der Waals surface area (Å²) in [7, 11) is 1.38.